The van der Waals surface area contributed by atoms with E-state index in [2.05, 4.69) is 15.2 Å². The molecule has 1 aliphatic rings. The lowest BCUT2D eigenvalue weighted by molar-refractivity contribution is -0.119. The molecule has 0 saturated carbocycles. The van der Waals surface area contributed by atoms with Crippen LogP contribution in [0.1, 0.15) is 28.1 Å². The van der Waals surface area contributed by atoms with Crippen LogP contribution >= 0.6 is 11.3 Å². The Hall–Kier alpha value is -2.25. The van der Waals surface area contributed by atoms with E-state index >= 15 is 0 Å². The monoisotopic (exact) mass is 358 g/mol. The maximum Gasteiger partial charge on any atom is 0.264 e. The third kappa shape index (κ3) is 4.24. The molecular formula is C18H22N4O2S. The van der Waals surface area contributed by atoms with E-state index in [1.165, 1.54) is 11.3 Å². The van der Waals surface area contributed by atoms with Crippen LogP contribution in [0.3, 0.4) is 0 Å². The van der Waals surface area contributed by atoms with Gasteiger partial charge in [-0.1, -0.05) is 6.07 Å². The van der Waals surface area contributed by atoms with Crippen LogP contribution in [0.25, 0.3) is 0 Å². The van der Waals surface area contributed by atoms with Crippen LogP contribution in [0.4, 0.5) is 5.82 Å². The van der Waals surface area contributed by atoms with Crippen molar-refractivity contribution in [2.75, 3.05) is 26.0 Å². The van der Waals surface area contributed by atoms with Crippen LogP contribution in [0.5, 0.6) is 0 Å². The van der Waals surface area contributed by atoms with Crippen molar-refractivity contribution in [2.24, 2.45) is 0 Å². The summed E-state index contributed by atoms with van der Waals surface area (Å²) < 4.78 is 0. The summed E-state index contributed by atoms with van der Waals surface area (Å²) in [6.45, 7) is 1.39. The summed E-state index contributed by atoms with van der Waals surface area (Å²) in [5.74, 6) is 0.290. The number of anilines is 1. The van der Waals surface area contributed by atoms with Crippen molar-refractivity contribution in [2.45, 2.75) is 25.4 Å². The lowest BCUT2D eigenvalue weighted by atomic mass is 10.2. The van der Waals surface area contributed by atoms with Gasteiger partial charge in [-0.15, -0.1) is 11.3 Å². The van der Waals surface area contributed by atoms with Gasteiger partial charge in [-0.05, 0) is 56.1 Å². The molecule has 0 aromatic carbocycles. The molecule has 2 aromatic rings. The topological polar surface area (TPSA) is 65.5 Å². The smallest absolute Gasteiger partial charge is 0.264 e. The SMILES string of the molecule is CN(C)Cc1ccnc(NC(=O)[C@@H]2CCCN2C(=O)c2cccs2)c1. The number of hydrogen-bond acceptors (Lipinski definition) is 5. The normalized spacial score (nSPS) is 17.1. The summed E-state index contributed by atoms with van der Waals surface area (Å²) in [4.78, 5) is 33.9. The van der Waals surface area contributed by atoms with Crippen LogP contribution in [-0.2, 0) is 11.3 Å². The Balaban J connectivity index is 1.69. The molecule has 0 unspecified atom stereocenters. The highest BCUT2D eigenvalue weighted by Crippen LogP contribution is 2.23. The lowest BCUT2D eigenvalue weighted by Crippen LogP contribution is -2.43. The van der Waals surface area contributed by atoms with E-state index in [4.69, 9.17) is 0 Å². The summed E-state index contributed by atoms with van der Waals surface area (Å²) in [5.41, 5.74) is 1.08. The van der Waals surface area contributed by atoms with Crippen LogP contribution in [0.2, 0.25) is 0 Å². The minimum atomic E-state index is -0.436. The Bertz CT molecular complexity index is 745. The van der Waals surface area contributed by atoms with Crippen molar-refractivity contribution in [3.05, 3.63) is 46.3 Å². The molecule has 25 heavy (non-hydrogen) atoms. The van der Waals surface area contributed by atoms with Crippen molar-refractivity contribution in [3.8, 4) is 0 Å². The first kappa shape index (κ1) is 17.6. The zero-order valence-corrected chi connectivity index (χ0v) is 15.3. The summed E-state index contributed by atoms with van der Waals surface area (Å²) in [6, 6.07) is 7.01. The van der Waals surface area contributed by atoms with Gasteiger partial charge in [-0.3, -0.25) is 9.59 Å². The van der Waals surface area contributed by atoms with Crippen molar-refractivity contribution in [3.63, 3.8) is 0 Å². The molecule has 0 bridgehead atoms. The Kier molecular flexibility index (Phi) is 5.45. The largest absolute Gasteiger partial charge is 0.326 e. The minimum Gasteiger partial charge on any atom is -0.326 e. The maximum atomic E-state index is 12.7. The number of thiophene rings is 1. The number of hydrogen-bond donors (Lipinski definition) is 1. The van der Waals surface area contributed by atoms with Gasteiger partial charge in [0.1, 0.15) is 11.9 Å². The molecule has 0 radical (unpaired) electrons. The lowest BCUT2D eigenvalue weighted by Gasteiger charge is -2.23. The van der Waals surface area contributed by atoms with Gasteiger partial charge in [-0.2, -0.15) is 0 Å². The van der Waals surface area contributed by atoms with Gasteiger partial charge in [0, 0.05) is 19.3 Å². The summed E-state index contributed by atoms with van der Waals surface area (Å²) >= 11 is 1.40. The fraction of sp³-hybridized carbons (Fsp3) is 0.389. The van der Waals surface area contributed by atoms with Crippen LogP contribution in [0.15, 0.2) is 35.8 Å². The molecule has 6 nitrogen and oxygen atoms in total. The molecule has 132 valence electrons. The highest BCUT2D eigenvalue weighted by atomic mass is 32.1. The fourth-order valence-corrected chi connectivity index (χ4v) is 3.72. The standard InChI is InChI=1S/C18H22N4O2S/c1-21(2)12-13-7-8-19-16(11-13)20-17(23)14-5-3-9-22(14)18(24)15-6-4-10-25-15/h4,6-8,10-11,14H,3,5,9,12H2,1-2H3,(H,19,20,23)/t14-/m0/s1. The van der Waals surface area contributed by atoms with E-state index in [-0.39, 0.29) is 11.8 Å². The van der Waals surface area contributed by atoms with E-state index in [1.807, 2.05) is 37.7 Å². The number of amides is 2. The Morgan fingerprint density at radius 1 is 1.40 bits per heavy atom. The van der Waals surface area contributed by atoms with Crippen molar-refractivity contribution in [1.82, 2.24) is 14.8 Å². The summed E-state index contributed by atoms with van der Waals surface area (Å²) in [5, 5.41) is 4.74. The van der Waals surface area contributed by atoms with Gasteiger partial charge in [0.05, 0.1) is 4.88 Å². The third-order valence-corrected chi connectivity index (χ3v) is 4.98. The van der Waals surface area contributed by atoms with Gasteiger partial charge in [0.15, 0.2) is 0 Å². The van der Waals surface area contributed by atoms with Gasteiger partial charge >= 0.3 is 0 Å². The zero-order valence-electron chi connectivity index (χ0n) is 14.4. The molecule has 7 heteroatoms. The molecule has 1 aliphatic heterocycles. The second-order valence-corrected chi connectivity index (χ2v) is 7.36. The number of rotatable bonds is 5. The van der Waals surface area contributed by atoms with E-state index < -0.39 is 6.04 Å². The van der Waals surface area contributed by atoms with Crippen LogP contribution < -0.4 is 5.32 Å². The Morgan fingerprint density at radius 2 is 2.24 bits per heavy atom. The first-order valence-corrected chi connectivity index (χ1v) is 9.17. The molecular weight excluding hydrogens is 336 g/mol. The molecule has 0 aliphatic carbocycles. The molecule has 1 saturated heterocycles. The first-order valence-electron chi connectivity index (χ1n) is 8.29. The first-order chi connectivity index (χ1) is 12.0. The number of carbonyl (C=O) groups excluding carboxylic acids is 2. The quantitative estimate of drug-likeness (QED) is 0.892. The highest BCUT2D eigenvalue weighted by molar-refractivity contribution is 7.12. The average Bonchev–Trinajstić information content (AvgIpc) is 3.26. The van der Waals surface area contributed by atoms with Gasteiger partial charge < -0.3 is 15.1 Å². The number of aromatic nitrogens is 1. The average molecular weight is 358 g/mol. The molecule has 0 spiro atoms. The molecule has 3 rings (SSSR count). The Morgan fingerprint density at radius 3 is 2.96 bits per heavy atom. The summed E-state index contributed by atoms with van der Waals surface area (Å²) in [7, 11) is 3.98. The van der Waals surface area contributed by atoms with Gasteiger partial charge in [0.2, 0.25) is 5.91 Å². The second-order valence-electron chi connectivity index (χ2n) is 6.41. The number of pyridine rings is 1. The molecule has 2 amide bonds. The minimum absolute atomic E-state index is 0.0676. The third-order valence-electron chi connectivity index (χ3n) is 4.12. The second kappa shape index (κ2) is 7.76. The molecule has 2 aromatic heterocycles. The Labute approximate surface area is 151 Å². The number of carbonyl (C=O) groups is 2. The number of nitrogens with one attached hydrogen (secondary N) is 1. The maximum absolute atomic E-state index is 12.7. The van der Waals surface area contributed by atoms with Crippen molar-refractivity contribution < 1.29 is 9.59 Å². The van der Waals surface area contributed by atoms with E-state index in [0.717, 1.165) is 18.5 Å². The van der Waals surface area contributed by atoms with E-state index in [0.29, 0.717) is 23.7 Å². The van der Waals surface area contributed by atoms with Gasteiger partial charge in [0.25, 0.3) is 5.91 Å². The van der Waals surface area contributed by atoms with Crippen molar-refractivity contribution in [1.29, 1.82) is 0 Å². The fourth-order valence-electron chi connectivity index (χ4n) is 3.04. The van der Waals surface area contributed by atoms with E-state index in [1.54, 1.807) is 17.2 Å². The van der Waals surface area contributed by atoms with Crippen LogP contribution in [-0.4, -0.2) is 53.3 Å². The highest BCUT2D eigenvalue weighted by Gasteiger charge is 2.35. The molecule has 3 heterocycles. The zero-order chi connectivity index (χ0) is 17.8. The predicted octanol–water partition coefficient (Wildman–Crippen LogP) is 2.45. The van der Waals surface area contributed by atoms with Crippen molar-refractivity contribution >= 4 is 29.0 Å². The molecule has 1 fully saturated rings. The van der Waals surface area contributed by atoms with Crippen LogP contribution in [0, 0.1) is 0 Å². The number of nitrogens with zero attached hydrogens (tertiary/aromatic N) is 3. The van der Waals surface area contributed by atoms with Gasteiger partial charge in [-0.25, -0.2) is 4.98 Å². The predicted molar refractivity (Wildman–Crippen MR) is 98.6 cm³/mol. The number of likely N-dealkylation sites (tertiary alicyclic amines) is 1. The molecule has 1 atom stereocenters. The van der Waals surface area contributed by atoms with E-state index in [9.17, 15) is 9.59 Å². The molecule has 1 N–H and O–H groups in total. The summed E-state index contributed by atoms with van der Waals surface area (Å²) in [6.07, 6.45) is 3.21.